The molecule has 2 aromatic heterocycles. The fourth-order valence-corrected chi connectivity index (χ4v) is 7.25. The first-order valence-corrected chi connectivity index (χ1v) is 17.9. The number of likely N-dealkylation sites (tertiary alicyclic amines) is 2. The number of nitrogens with zero attached hydrogens (tertiary/aromatic N) is 4. The maximum absolute atomic E-state index is 13.6. The van der Waals surface area contributed by atoms with Crippen molar-refractivity contribution in [2.45, 2.75) is 77.5 Å². The standard InChI is InChI=1S/C38H48N8O6/c1-21(2)31(43-37(49)51-5)35(47)45-17-7-9-29(45)33-39-20-28(42-33)24-13-11-23(12-14-24)25-15-16-26-27(19-25)41-34(40-26)30-10-8-18-46(30)36(48)32(22(3)4)44-38(50)52-6/h11-16,19-22,29-32H,7-10,17-18H2,1-6H3,(H,39,42)(H,40,41)(H,43,49)(H,44,50)/t29?,30?,31-,32-/m0/s1. The van der Waals surface area contributed by atoms with Crippen molar-refractivity contribution >= 4 is 35.0 Å². The van der Waals surface area contributed by atoms with Gasteiger partial charge in [-0.2, -0.15) is 0 Å². The number of aromatic nitrogens is 4. The fourth-order valence-electron chi connectivity index (χ4n) is 7.25. The Labute approximate surface area is 303 Å². The Morgan fingerprint density at radius 3 is 1.79 bits per heavy atom. The normalized spacial score (nSPS) is 18.5. The second-order valence-electron chi connectivity index (χ2n) is 14.2. The molecule has 14 nitrogen and oxygen atoms in total. The Morgan fingerprint density at radius 1 is 0.731 bits per heavy atom. The zero-order chi connectivity index (χ0) is 37.1. The molecule has 2 aliphatic rings. The van der Waals surface area contributed by atoms with Crippen LogP contribution in [0.25, 0.3) is 33.4 Å². The molecule has 2 fully saturated rings. The highest BCUT2D eigenvalue weighted by Crippen LogP contribution is 2.35. The topological polar surface area (TPSA) is 175 Å². The molecule has 276 valence electrons. The summed E-state index contributed by atoms with van der Waals surface area (Å²) >= 11 is 0. The molecule has 0 saturated carbocycles. The van der Waals surface area contributed by atoms with E-state index < -0.39 is 24.3 Å². The van der Waals surface area contributed by atoms with E-state index in [1.807, 2.05) is 56.9 Å². The third-order valence-corrected chi connectivity index (χ3v) is 10.1. The molecular weight excluding hydrogens is 664 g/mol. The number of hydrogen-bond acceptors (Lipinski definition) is 8. The lowest BCUT2D eigenvalue weighted by molar-refractivity contribution is -0.136. The van der Waals surface area contributed by atoms with E-state index in [1.165, 1.54) is 14.2 Å². The van der Waals surface area contributed by atoms with Crippen LogP contribution in [0.3, 0.4) is 0 Å². The fraction of sp³-hybridized carbons (Fsp3) is 0.474. The Hall–Kier alpha value is -5.40. The first-order chi connectivity index (χ1) is 25.0. The molecule has 0 spiro atoms. The maximum atomic E-state index is 13.6. The molecule has 0 bridgehead atoms. The molecule has 2 unspecified atom stereocenters. The number of amides is 4. The second-order valence-corrected chi connectivity index (χ2v) is 14.2. The Bertz CT molecular complexity index is 1920. The number of nitrogens with one attached hydrogen (secondary N) is 4. The lowest BCUT2D eigenvalue weighted by Gasteiger charge is -2.30. The van der Waals surface area contributed by atoms with Gasteiger partial charge in [0.25, 0.3) is 0 Å². The number of carbonyl (C=O) groups excluding carboxylic acids is 4. The van der Waals surface area contributed by atoms with Crippen LogP contribution < -0.4 is 10.6 Å². The van der Waals surface area contributed by atoms with Crippen LogP contribution in [-0.4, -0.2) is 93.1 Å². The van der Waals surface area contributed by atoms with Crippen LogP contribution in [0.2, 0.25) is 0 Å². The van der Waals surface area contributed by atoms with Gasteiger partial charge in [0.1, 0.15) is 23.7 Å². The van der Waals surface area contributed by atoms with E-state index in [2.05, 4.69) is 43.8 Å². The summed E-state index contributed by atoms with van der Waals surface area (Å²) in [5, 5.41) is 5.39. The first kappa shape index (κ1) is 36.4. The van der Waals surface area contributed by atoms with Gasteiger partial charge in [0.2, 0.25) is 11.8 Å². The van der Waals surface area contributed by atoms with E-state index in [4.69, 9.17) is 14.5 Å². The zero-order valence-electron chi connectivity index (χ0n) is 30.6. The molecule has 0 radical (unpaired) electrons. The van der Waals surface area contributed by atoms with Gasteiger partial charge in [0.05, 0.1) is 49.2 Å². The van der Waals surface area contributed by atoms with Gasteiger partial charge >= 0.3 is 12.2 Å². The molecule has 0 aliphatic carbocycles. The second kappa shape index (κ2) is 15.5. The summed E-state index contributed by atoms with van der Waals surface area (Å²) in [5.74, 6) is 0.938. The molecule has 4 aromatic rings. The minimum Gasteiger partial charge on any atom is -0.453 e. The van der Waals surface area contributed by atoms with E-state index >= 15 is 0 Å². The van der Waals surface area contributed by atoms with Crippen LogP contribution in [0.1, 0.15) is 77.1 Å². The highest BCUT2D eigenvalue weighted by atomic mass is 16.5. The maximum Gasteiger partial charge on any atom is 0.407 e. The third-order valence-electron chi connectivity index (χ3n) is 10.1. The van der Waals surface area contributed by atoms with Gasteiger partial charge in [0.15, 0.2) is 0 Å². The Kier molecular flexibility index (Phi) is 10.8. The van der Waals surface area contributed by atoms with Crippen LogP contribution in [0.4, 0.5) is 9.59 Å². The zero-order valence-corrected chi connectivity index (χ0v) is 30.6. The van der Waals surface area contributed by atoms with E-state index in [0.717, 1.165) is 64.9 Å². The van der Waals surface area contributed by atoms with Crippen molar-refractivity contribution in [3.63, 3.8) is 0 Å². The molecular formula is C38H48N8O6. The lowest BCUT2D eigenvalue weighted by Crippen LogP contribution is -2.51. The predicted molar refractivity (Wildman–Crippen MR) is 195 cm³/mol. The average molecular weight is 713 g/mol. The van der Waals surface area contributed by atoms with Crippen molar-refractivity contribution in [1.82, 2.24) is 40.4 Å². The van der Waals surface area contributed by atoms with Gasteiger partial charge in [-0.05, 0) is 66.3 Å². The number of aromatic amines is 2. The first-order valence-electron chi connectivity index (χ1n) is 17.9. The molecule has 4 heterocycles. The van der Waals surface area contributed by atoms with Gasteiger partial charge in [-0.15, -0.1) is 0 Å². The highest BCUT2D eigenvalue weighted by molar-refractivity contribution is 5.88. The van der Waals surface area contributed by atoms with Crippen molar-refractivity contribution in [2.24, 2.45) is 11.8 Å². The number of alkyl carbamates (subject to hydrolysis) is 2. The quantitative estimate of drug-likeness (QED) is 0.162. The Balaban J connectivity index is 1.16. The summed E-state index contributed by atoms with van der Waals surface area (Å²) in [7, 11) is 2.57. The summed E-state index contributed by atoms with van der Waals surface area (Å²) in [6, 6.07) is 12.5. The van der Waals surface area contributed by atoms with E-state index in [9.17, 15) is 19.2 Å². The van der Waals surface area contributed by atoms with E-state index in [1.54, 1.807) is 11.1 Å². The highest BCUT2D eigenvalue weighted by Gasteiger charge is 2.39. The molecule has 14 heteroatoms. The third kappa shape index (κ3) is 7.46. The molecule has 4 N–H and O–H groups in total. The number of methoxy groups -OCH3 is 2. The molecule has 4 amide bonds. The minimum absolute atomic E-state index is 0.108. The van der Waals surface area contributed by atoms with Gasteiger partial charge in [0, 0.05) is 13.1 Å². The number of hydrogen-bond donors (Lipinski definition) is 4. The molecule has 2 saturated heterocycles. The van der Waals surface area contributed by atoms with Gasteiger partial charge in [-0.25, -0.2) is 19.6 Å². The molecule has 2 aliphatic heterocycles. The summed E-state index contributed by atoms with van der Waals surface area (Å²) in [6.45, 7) is 8.77. The van der Waals surface area contributed by atoms with E-state index in [0.29, 0.717) is 18.9 Å². The number of imidazole rings is 2. The molecule has 52 heavy (non-hydrogen) atoms. The lowest BCUT2D eigenvalue weighted by atomic mass is 10.0. The minimum atomic E-state index is -0.693. The number of carbonyl (C=O) groups is 4. The number of benzene rings is 2. The number of H-pyrrole nitrogens is 2. The summed E-state index contributed by atoms with van der Waals surface area (Å²) in [4.78, 5) is 71.0. The number of rotatable bonds is 10. The van der Waals surface area contributed by atoms with Crippen LogP contribution in [0, 0.1) is 11.8 Å². The SMILES string of the molecule is COC(=O)N[C@H](C(=O)N1CCCC1c1ncc(-c2ccc(-c3ccc4nc(C5CCCN5C(=O)[C@@H](NC(=O)OC)C(C)C)[nH]c4c3)cc2)[nH]1)C(C)C. The predicted octanol–water partition coefficient (Wildman–Crippen LogP) is 5.71. The van der Waals surface area contributed by atoms with Crippen LogP contribution in [0.15, 0.2) is 48.7 Å². The van der Waals surface area contributed by atoms with Crippen molar-refractivity contribution in [1.29, 1.82) is 0 Å². The molecule has 6 rings (SSSR count). The van der Waals surface area contributed by atoms with Gasteiger partial charge < -0.3 is 39.9 Å². The summed E-state index contributed by atoms with van der Waals surface area (Å²) in [6.07, 6.45) is 3.78. The number of ether oxygens (including phenoxy) is 2. The van der Waals surface area contributed by atoms with Crippen LogP contribution >= 0.6 is 0 Å². The molecule has 4 atom stereocenters. The van der Waals surface area contributed by atoms with Crippen molar-refractivity contribution in [3.05, 3.63) is 60.3 Å². The summed E-state index contributed by atoms with van der Waals surface area (Å²) in [5.41, 5.74) is 5.54. The monoisotopic (exact) mass is 712 g/mol. The van der Waals surface area contributed by atoms with Crippen molar-refractivity contribution in [3.8, 4) is 22.4 Å². The largest absolute Gasteiger partial charge is 0.453 e. The molecule has 2 aromatic carbocycles. The van der Waals surface area contributed by atoms with Crippen molar-refractivity contribution in [2.75, 3.05) is 27.3 Å². The van der Waals surface area contributed by atoms with Gasteiger partial charge in [-0.3, -0.25) is 9.59 Å². The van der Waals surface area contributed by atoms with Gasteiger partial charge in [-0.1, -0.05) is 58.0 Å². The van der Waals surface area contributed by atoms with E-state index in [-0.39, 0.29) is 35.7 Å². The average Bonchev–Trinajstić information content (AvgIpc) is 3.97. The smallest absolute Gasteiger partial charge is 0.407 e. The Morgan fingerprint density at radius 2 is 1.25 bits per heavy atom. The summed E-state index contributed by atoms with van der Waals surface area (Å²) < 4.78 is 9.51. The van der Waals surface area contributed by atoms with Crippen LogP contribution in [-0.2, 0) is 19.1 Å². The van der Waals surface area contributed by atoms with Crippen molar-refractivity contribution < 1.29 is 28.7 Å². The number of fused-ring (bicyclic) bond motifs is 1. The van der Waals surface area contributed by atoms with Crippen LogP contribution in [0.5, 0.6) is 0 Å².